The number of nitrogens with zero attached hydrogens (tertiary/aromatic N) is 1. The third kappa shape index (κ3) is 2.91. The molecule has 0 bridgehead atoms. The zero-order valence-electron chi connectivity index (χ0n) is 12.2. The van der Waals surface area contributed by atoms with E-state index in [2.05, 4.69) is 9.97 Å². The number of aromatic nitrogens is 2. The molecule has 0 aromatic carbocycles. The number of hydrogen-bond donors (Lipinski definition) is 1. The molecule has 1 N–H and O–H groups in total. The fourth-order valence-electron chi connectivity index (χ4n) is 2.64. The summed E-state index contributed by atoms with van der Waals surface area (Å²) in [4.78, 5) is 32.5. The van der Waals surface area contributed by atoms with Crippen molar-refractivity contribution in [1.29, 1.82) is 0 Å². The van der Waals surface area contributed by atoms with Gasteiger partial charge in [0.1, 0.15) is 23.0 Å². The second kappa shape index (κ2) is 5.69. The molecule has 1 saturated carbocycles. The van der Waals surface area contributed by atoms with Crippen LogP contribution in [0.25, 0.3) is 10.2 Å². The molecule has 0 amide bonds. The lowest BCUT2D eigenvalue weighted by Crippen LogP contribution is -2.22. The zero-order chi connectivity index (χ0) is 15.0. The molecule has 2 heterocycles. The van der Waals surface area contributed by atoms with Crippen molar-refractivity contribution in [1.82, 2.24) is 9.97 Å². The number of hydrogen-bond acceptors (Lipinski definition) is 5. The topological polar surface area (TPSA) is 72.0 Å². The van der Waals surface area contributed by atoms with Crippen LogP contribution in [0.1, 0.15) is 41.9 Å². The van der Waals surface area contributed by atoms with E-state index in [0.717, 1.165) is 28.1 Å². The molecule has 0 spiro atoms. The van der Waals surface area contributed by atoms with E-state index >= 15 is 0 Å². The molecule has 112 valence electrons. The summed E-state index contributed by atoms with van der Waals surface area (Å²) < 4.78 is 5.78. The number of aromatic amines is 1. The lowest BCUT2D eigenvalue weighted by Gasteiger charge is -2.20. The van der Waals surface area contributed by atoms with Crippen molar-refractivity contribution >= 4 is 27.3 Å². The van der Waals surface area contributed by atoms with Gasteiger partial charge in [-0.15, -0.1) is 11.3 Å². The Morgan fingerprint density at radius 2 is 2.00 bits per heavy atom. The Bertz CT molecular complexity index is 737. The third-order valence-electron chi connectivity index (χ3n) is 4.03. The van der Waals surface area contributed by atoms with E-state index in [0.29, 0.717) is 36.4 Å². The summed E-state index contributed by atoms with van der Waals surface area (Å²) in [6, 6.07) is 0. The molecule has 6 heteroatoms. The number of Topliss-reactive ketones (excluding diaryl/α,β-unsaturated/α-hetero) is 1. The van der Waals surface area contributed by atoms with E-state index in [9.17, 15) is 9.59 Å². The fraction of sp³-hybridized carbons (Fsp3) is 0.533. The van der Waals surface area contributed by atoms with Gasteiger partial charge in [0.15, 0.2) is 0 Å². The summed E-state index contributed by atoms with van der Waals surface area (Å²) >= 11 is 1.54. The van der Waals surface area contributed by atoms with Crippen molar-refractivity contribution in [2.24, 2.45) is 0 Å². The minimum absolute atomic E-state index is 0.0931. The average Bonchev–Trinajstić information content (AvgIpc) is 2.74. The molecule has 0 atom stereocenters. The van der Waals surface area contributed by atoms with E-state index in [4.69, 9.17) is 4.74 Å². The van der Waals surface area contributed by atoms with Crippen LogP contribution >= 0.6 is 11.3 Å². The van der Waals surface area contributed by atoms with Crippen LogP contribution in [-0.4, -0.2) is 21.9 Å². The minimum atomic E-state index is -0.0979. The van der Waals surface area contributed by atoms with Crippen LogP contribution in [0, 0.1) is 13.8 Å². The molecule has 2 aromatic rings. The van der Waals surface area contributed by atoms with Crippen LogP contribution in [0.4, 0.5) is 0 Å². The van der Waals surface area contributed by atoms with E-state index < -0.39 is 0 Å². The first-order chi connectivity index (χ1) is 10.0. The van der Waals surface area contributed by atoms with Gasteiger partial charge >= 0.3 is 0 Å². The van der Waals surface area contributed by atoms with Gasteiger partial charge in [-0.1, -0.05) is 0 Å². The number of ether oxygens (including phenoxy) is 1. The number of ketones is 1. The number of fused-ring (bicyclic) bond motifs is 1. The molecular formula is C15H18N2O3S. The van der Waals surface area contributed by atoms with Gasteiger partial charge in [0, 0.05) is 17.7 Å². The van der Waals surface area contributed by atoms with Crippen molar-refractivity contribution in [3.8, 4) is 0 Å². The predicted molar refractivity (Wildman–Crippen MR) is 81.8 cm³/mol. The highest BCUT2D eigenvalue weighted by molar-refractivity contribution is 7.18. The van der Waals surface area contributed by atoms with Crippen LogP contribution in [0.3, 0.4) is 0 Å². The largest absolute Gasteiger partial charge is 0.370 e. The van der Waals surface area contributed by atoms with Crippen LogP contribution in [0.5, 0.6) is 0 Å². The predicted octanol–water partition coefficient (Wildman–Crippen LogP) is 2.63. The Hall–Kier alpha value is -1.53. The first-order valence-electron chi connectivity index (χ1n) is 7.17. The van der Waals surface area contributed by atoms with E-state index in [1.807, 2.05) is 13.8 Å². The van der Waals surface area contributed by atoms with Crippen molar-refractivity contribution in [2.45, 2.75) is 52.2 Å². The molecule has 1 fully saturated rings. The Labute approximate surface area is 126 Å². The van der Waals surface area contributed by atoms with Gasteiger partial charge < -0.3 is 9.72 Å². The average molecular weight is 306 g/mol. The molecule has 21 heavy (non-hydrogen) atoms. The molecule has 1 aliphatic carbocycles. The molecule has 0 saturated heterocycles. The molecule has 0 aliphatic heterocycles. The van der Waals surface area contributed by atoms with Gasteiger partial charge in [-0.3, -0.25) is 9.59 Å². The Morgan fingerprint density at radius 3 is 2.71 bits per heavy atom. The standard InChI is InChI=1S/C15H18N2O3S/c1-8-9(2)21-15-13(8)14(19)16-12(17-15)7-20-11-5-3-10(18)4-6-11/h11H,3-7H2,1-2H3,(H,16,17,19). The number of nitrogens with one attached hydrogen (secondary N) is 1. The SMILES string of the molecule is Cc1sc2nc(COC3CCC(=O)CC3)[nH]c(=O)c2c1C. The van der Waals surface area contributed by atoms with Crippen molar-refractivity contribution < 1.29 is 9.53 Å². The number of rotatable bonds is 3. The molecule has 3 rings (SSSR count). The summed E-state index contributed by atoms with van der Waals surface area (Å²) in [6.07, 6.45) is 2.81. The summed E-state index contributed by atoms with van der Waals surface area (Å²) in [7, 11) is 0. The molecule has 0 unspecified atom stereocenters. The van der Waals surface area contributed by atoms with Crippen LogP contribution in [0.2, 0.25) is 0 Å². The smallest absolute Gasteiger partial charge is 0.259 e. The molecule has 1 aliphatic rings. The van der Waals surface area contributed by atoms with Crippen LogP contribution in [-0.2, 0) is 16.1 Å². The summed E-state index contributed by atoms with van der Waals surface area (Å²) in [6.45, 7) is 4.23. The highest BCUT2D eigenvalue weighted by Crippen LogP contribution is 2.26. The fourth-order valence-corrected chi connectivity index (χ4v) is 3.69. The van der Waals surface area contributed by atoms with Gasteiger partial charge in [0.05, 0.1) is 11.5 Å². The van der Waals surface area contributed by atoms with E-state index in [-0.39, 0.29) is 11.7 Å². The molecular weight excluding hydrogens is 288 g/mol. The van der Waals surface area contributed by atoms with Gasteiger partial charge in [0.2, 0.25) is 0 Å². The number of thiophene rings is 1. The van der Waals surface area contributed by atoms with Gasteiger partial charge in [0.25, 0.3) is 5.56 Å². The zero-order valence-corrected chi connectivity index (χ0v) is 13.0. The Kier molecular flexibility index (Phi) is 3.91. The lowest BCUT2D eigenvalue weighted by molar-refractivity contribution is -0.123. The minimum Gasteiger partial charge on any atom is -0.370 e. The molecule has 0 radical (unpaired) electrons. The maximum Gasteiger partial charge on any atom is 0.259 e. The van der Waals surface area contributed by atoms with Gasteiger partial charge in [-0.25, -0.2) is 4.98 Å². The quantitative estimate of drug-likeness (QED) is 0.946. The second-order valence-electron chi connectivity index (χ2n) is 5.53. The maximum atomic E-state index is 12.1. The maximum absolute atomic E-state index is 12.1. The summed E-state index contributed by atoms with van der Waals surface area (Å²) in [5.41, 5.74) is 0.904. The number of carbonyl (C=O) groups excluding carboxylic acids is 1. The monoisotopic (exact) mass is 306 g/mol. The first-order valence-corrected chi connectivity index (χ1v) is 7.98. The highest BCUT2D eigenvalue weighted by Gasteiger charge is 2.19. The summed E-state index contributed by atoms with van der Waals surface area (Å²) in [5.74, 6) is 0.873. The van der Waals surface area contributed by atoms with Crippen LogP contribution in [0.15, 0.2) is 4.79 Å². The van der Waals surface area contributed by atoms with Crippen molar-refractivity contribution in [2.75, 3.05) is 0 Å². The number of carbonyl (C=O) groups is 1. The highest BCUT2D eigenvalue weighted by atomic mass is 32.1. The van der Waals surface area contributed by atoms with Crippen molar-refractivity contribution in [3.05, 3.63) is 26.6 Å². The van der Waals surface area contributed by atoms with Gasteiger partial charge in [-0.2, -0.15) is 0 Å². The lowest BCUT2D eigenvalue weighted by atomic mass is 9.96. The third-order valence-corrected chi connectivity index (χ3v) is 5.14. The van der Waals surface area contributed by atoms with Crippen LogP contribution < -0.4 is 5.56 Å². The van der Waals surface area contributed by atoms with Gasteiger partial charge in [-0.05, 0) is 32.3 Å². The number of H-pyrrole nitrogens is 1. The number of aryl methyl sites for hydroxylation is 2. The molecule has 2 aromatic heterocycles. The Morgan fingerprint density at radius 1 is 1.29 bits per heavy atom. The van der Waals surface area contributed by atoms with E-state index in [1.54, 1.807) is 0 Å². The molecule has 5 nitrogen and oxygen atoms in total. The Balaban J connectivity index is 1.76. The second-order valence-corrected chi connectivity index (χ2v) is 6.73. The first kappa shape index (κ1) is 14.4. The van der Waals surface area contributed by atoms with E-state index in [1.165, 1.54) is 11.3 Å². The normalized spacial score (nSPS) is 16.8. The van der Waals surface area contributed by atoms with Crippen molar-refractivity contribution in [3.63, 3.8) is 0 Å². The summed E-state index contributed by atoms with van der Waals surface area (Å²) in [5, 5.41) is 0.685.